The Balaban J connectivity index is 1.63. The summed E-state index contributed by atoms with van der Waals surface area (Å²) in [5.41, 5.74) is 3.11. The maximum absolute atomic E-state index is 13.4. The molecule has 0 radical (unpaired) electrons. The first-order chi connectivity index (χ1) is 16.5. The van der Waals surface area contributed by atoms with Gasteiger partial charge in [0.2, 0.25) is 0 Å². The molecule has 0 spiro atoms. The summed E-state index contributed by atoms with van der Waals surface area (Å²) in [6.45, 7) is 4.45. The third-order valence-electron chi connectivity index (χ3n) is 6.14. The molecule has 0 bridgehead atoms. The molecule has 1 aliphatic rings. The summed E-state index contributed by atoms with van der Waals surface area (Å²) in [6.07, 6.45) is 0.818. The monoisotopic (exact) mass is 458 g/mol. The minimum atomic E-state index is -0.545. The van der Waals surface area contributed by atoms with Gasteiger partial charge in [-0.05, 0) is 54.8 Å². The van der Waals surface area contributed by atoms with E-state index < -0.39 is 6.10 Å². The van der Waals surface area contributed by atoms with Gasteiger partial charge in [-0.1, -0.05) is 50.2 Å². The Morgan fingerprint density at radius 1 is 1.09 bits per heavy atom. The summed E-state index contributed by atoms with van der Waals surface area (Å²) in [4.78, 5) is 28.2. The topological polar surface area (TPSA) is 67.9 Å². The molecule has 1 N–H and O–H groups in total. The molecule has 2 amide bonds. The Kier molecular flexibility index (Phi) is 7.16. The van der Waals surface area contributed by atoms with E-state index in [1.54, 1.807) is 37.4 Å². The van der Waals surface area contributed by atoms with Gasteiger partial charge in [-0.15, -0.1) is 0 Å². The Bertz CT molecular complexity index is 1160. The summed E-state index contributed by atoms with van der Waals surface area (Å²) in [6, 6.07) is 22.5. The zero-order valence-corrected chi connectivity index (χ0v) is 19.8. The van der Waals surface area contributed by atoms with Crippen LogP contribution in [0.5, 0.6) is 11.5 Å². The van der Waals surface area contributed by atoms with Crippen LogP contribution in [0.15, 0.2) is 72.8 Å². The molecule has 3 aromatic carbocycles. The molecule has 1 aliphatic heterocycles. The van der Waals surface area contributed by atoms with Crippen molar-refractivity contribution in [2.24, 2.45) is 0 Å². The lowest BCUT2D eigenvalue weighted by atomic mass is 10.0. The smallest absolute Gasteiger partial charge is 0.264 e. The number of carbonyl (C=O) groups is 2. The lowest BCUT2D eigenvalue weighted by Crippen LogP contribution is -2.41. The van der Waals surface area contributed by atoms with Crippen LogP contribution in [0.1, 0.15) is 54.2 Å². The molecule has 0 aliphatic carbocycles. The number of nitrogens with zero attached hydrogens (tertiary/aromatic N) is 1. The SMILES string of the molecule is CCC1Oc2ccc(NC(=O)c3cccc(OC)c3)cc2CN(C(CC)c2ccccc2)C1=O. The van der Waals surface area contributed by atoms with Gasteiger partial charge in [0.05, 0.1) is 19.7 Å². The van der Waals surface area contributed by atoms with Gasteiger partial charge < -0.3 is 19.7 Å². The van der Waals surface area contributed by atoms with E-state index in [9.17, 15) is 9.59 Å². The summed E-state index contributed by atoms with van der Waals surface area (Å²) >= 11 is 0. The molecule has 176 valence electrons. The molecule has 0 saturated carbocycles. The summed E-state index contributed by atoms with van der Waals surface area (Å²) in [7, 11) is 1.57. The van der Waals surface area contributed by atoms with E-state index in [0.717, 1.165) is 17.5 Å². The first kappa shape index (κ1) is 23.4. The van der Waals surface area contributed by atoms with E-state index in [2.05, 4.69) is 24.4 Å². The van der Waals surface area contributed by atoms with Gasteiger partial charge in [-0.25, -0.2) is 0 Å². The normalized spacial score (nSPS) is 16.1. The Morgan fingerprint density at radius 2 is 1.88 bits per heavy atom. The summed E-state index contributed by atoms with van der Waals surface area (Å²) in [5.74, 6) is 1.04. The van der Waals surface area contributed by atoms with Gasteiger partial charge in [-0.3, -0.25) is 9.59 Å². The first-order valence-corrected chi connectivity index (χ1v) is 11.6. The molecule has 0 aromatic heterocycles. The number of carbonyl (C=O) groups excluding carboxylic acids is 2. The quantitative estimate of drug-likeness (QED) is 0.501. The van der Waals surface area contributed by atoms with E-state index in [4.69, 9.17) is 9.47 Å². The standard InChI is InChI=1S/C28H30N2O4/c1-4-24(19-10-7-6-8-11-19)30-18-21-16-22(14-15-26(21)34-25(5-2)28(30)32)29-27(31)20-12-9-13-23(17-20)33-3/h6-17,24-25H,4-5,18H2,1-3H3,(H,29,31). The Morgan fingerprint density at radius 3 is 2.59 bits per heavy atom. The maximum Gasteiger partial charge on any atom is 0.264 e. The van der Waals surface area contributed by atoms with Crippen LogP contribution in [0.3, 0.4) is 0 Å². The zero-order chi connectivity index (χ0) is 24.1. The number of amides is 2. The zero-order valence-electron chi connectivity index (χ0n) is 19.8. The molecule has 1 heterocycles. The van der Waals surface area contributed by atoms with Crippen LogP contribution < -0.4 is 14.8 Å². The fourth-order valence-electron chi connectivity index (χ4n) is 4.35. The van der Waals surface area contributed by atoms with Crippen LogP contribution in [0.4, 0.5) is 5.69 Å². The van der Waals surface area contributed by atoms with E-state index in [1.807, 2.05) is 42.2 Å². The molecular weight excluding hydrogens is 428 g/mol. The van der Waals surface area contributed by atoms with Crippen molar-refractivity contribution >= 4 is 17.5 Å². The number of benzene rings is 3. The number of fused-ring (bicyclic) bond motifs is 1. The predicted molar refractivity (Wildman–Crippen MR) is 132 cm³/mol. The molecule has 34 heavy (non-hydrogen) atoms. The maximum atomic E-state index is 13.4. The van der Waals surface area contributed by atoms with Crippen molar-refractivity contribution in [3.05, 3.63) is 89.5 Å². The van der Waals surface area contributed by atoms with Gasteiger partial charge in [0.15, 0.2) is 6.10 Å². The van der Waals surface area contributed by atoms with Crippen LogP contribution >= 0.6 is 0 Å². The second kappa shape index (κ2) is 10.4. The molecule has 6 nitrogen and oxygen atoms in total. The lowest BCUT2D eigenvalue weighted by molar-refractivity contribution is -0.141. The van der Waals surface area contributed by atoms with Crippen molar-refractivity contribution in [2.75, 3.05) is 12.4 Å². The molecule has 2 unspecified atom stereocenters. The van der Waals surface area contributed by atoms with Crippen molar-refractivity contribution in [1.29, 1.82) is 0 Å². The number of rotatable bonds is 7. The fraction of sp³-hybridized carbons (Fsp3) is 0.286. The van der Waals surface area contributed by atoms with Crippen molar-refractivity contribution < 1.29 is 19.1 Å². The third kappa shape index (κ3) is 4.91. The second-order valence-corrected chi connectivity index (χ2v) is 8.32. The summed E-state index contributed by atoms with van der Waals surface area (Å²) < 4.78 is 11.4. The van der Waals surface area contributed by atoms with Crippen molar-refractivity contribution in [2.45, 2.75) is 45.4 Å². The Labute approximate surface area is 200 Å². The van der Waals surface area contributed by atoms with Crippen molar-refractivity contribution in [3.63, 3.8) is 0 Å². The number of anilines is 1. The highest BCUT2D eigenvalue weighted by Crippen LogP contribution is 2.35. The van der Waals surface area contributed by atoms with Gasteiger partial charge in [0.1, 0.15) is 11.5 Å². The molecule has 3 aromatic rings. The highest BCUT2D eigenvalue weighted by molar-refractivity contribution is 6.04. The fourth-order valence-corrected chi connectivity index (χ4v) is 4.35. The predicted octanol–water partition coefficient (Wildman–Crippen LogP) is 5.60. The first-order valence-electron chi connectivity index (χ1n) is 11.6. The van der Waals surface area contributed by atoms with E-state index >= 15 is 0 Å². The molecular formula is C28H30N2O4. The highest BCUT2D eigenvalue weighted by atomic mass is 16.5. The van der Waals surface area contributed by atoms with E-state index in [-0.39, 0.29) is 17.9 Å². The minimum absolute atomic E-state index is 0.0173. The molecule has 2 atom stereocenters. The van der Waals surface area contributed by atoms with Crippen molar-refractivity contribution in [3.8, 4) is 11.5 Å². The molecule has 6 heteroatoms. The van der Waals surface area contributed by atoms with Crippen molar-refractivity contribution in [1.82, 2.24) is 4.90 Å². The lowest BCUT2D eigenvalue weighted by Gasteiger charge is -2.32. The average molecular weight is 459 g/mol. The van der Waals surface area contributed by atoms with Gasteiger partial charge in [0.25, 0.3) is 11.8 Å². The van der Waals surface area contributed by atoms with Gasteiger partial charge in [-0.2, -0.15) is 0 Å². The third-order valence-corrected chi connectivity index (χ3v) is 6.14. The summed E-state index contributed by atoms with van der Waals surface area (Å²) in [5, 5.41) is 2.95. The van der Waals surface area contributed by atoms with E-state index in [0.29, 0.717) is 35.7 Å². The van der Waals surface area contributed by atoms with Crippen LogP contribution in [-0.4, -0.2) is 29.9 Å². The van der Waals surface area contributed by atoms with Gasteiger partial charge >= 0.3 is 0 Å². The number of nitrogens with one attached hydrogen (secondary N) is 1. The van der Waals surface area contributed by atoms with Crippen LogP contribution in [0, 0.1) is 0 Å². The average Bonchev–Trinajstić information content (AvgIpc) is 3.01. The number of ether oxygens (including phenoxy) is 2. The highest BCUT2D eigenvalue weighted by Gasteiger charge is 2.34. The molecule has 0 saturated heterocycles. The van der Waals surface area contributed by atoms with Crippen LogP contribution in [0.2, 0.25) is 0 Å². The minimum Gasteiger partial charge on any atom is -0.497 e. The number of methoxy groups -OCH3 is 1. The molecule has 0 fully saturated rings. The number of hydrogen-bond donors (Lipinski definition) is 1. The largest absolute Gasteiger partial charge is 0.497 e. The Hall–Kier alpha value is -3.80. The van der Waals surface area contributed by atoms with Crippen LogP contribution in [0.25, 0.3) is 0 Å². The number of hydrogen-bond acceptors (Lipinski definition) is 4. The second-order valence-electron chi connectivity index (χ2n) is 8.32. The van der Waals surface area contributed by atoms with Crippen LogP contribution in [-0.2, 0) is 11.3 Å². The molecule has 4 rings (SSSR count). The van der Waals surface area contributed by atoms with E-state index in [1.165, 1.54) is 0 Å². The van der Waals surface area contributed by atoms with Gasteiger partial charge in [0, 0.05) is 16.8 Å².